The van der Waals surface area contributed by atoms with Crippen LogP contribution in [0.3, 0.4) is 0 Å². The summed E-state index contributed by atoms with van der Waals surface area (Å²) in [7, 11) is -5.61. The van der Waals surface area contributed by atoms with Crippen LogP contribution >= 0.6 is 0 Å². The molecule has 0 bridgehead atoms. The molecule has 0 N–H and O–H groups in total. The number of carbonyl (C=O) groups is 1. The van der Waals surface area contributed by atoms with Crippen molar-refractivity contribution in [3.8, 4) is 0 Å². The number of amides is 1. The van der Waals surface area contributed by atoms with Crippen LogP contribution in [-0.2, 0) is 15.1 Å². The maximum Gasteiger partial charge on any atom is 1.00 e. The molecule has 0 radical (unpaired) electrons. The normalized spacial score (nSPS) is 13.0. The molecule has 1 aromatic carbocycles. The van der Waals surface area contributed by atoms with Crippen molar-refractivity contribution in [2.24, 2.45) is 0 Å². The van der Waals surface area contributed by atoms with E-state index in [0.29, 0.717) is 0 Å². The summed E-state index contributed by atoms with van der Waals surface area (Å²) in [5, 5.41) is 0. The Morgan fingerprint density at radius 2 is 1.70 bits per heavy atom. The summed E-state index contributed by atoms with van der Waals surface area (Å²) in [5.74, 6) is 0. The molecule has 11 heteroatoms. The molecule has 0 fully saturated rings. The summed E-state index contributed by atoms with van der Waals surface area (Å²) in [5.41, 5.74) is -0.449. The number of halogens is 4. The first-order chi connectivity index (χ1) is 8.59. The van der Waals surface area contributed by atoms with E-state index < -0.39 is 34.3 Å². The molecular formula is C9H6F4LiNO4S. The molecule has 5 nitrogen and oxygen atoms in total. The number of nitrogens with zero attached hydrogens (tertiary/aromatic N) is 1. The second-order valence-electron chi connectivity index (χ2n) is 3.22. The third-order valence-electron chi connectivity index (χ3n) is 1.80. The van der Waals surface area contributed by atoms with Gasteiger partial charge in [0.1, 0.15) is 0 Å². The van der Waals surface area contributed by atoms with Crippen LogP contribution in [0, 0.1) is 0 Å². The van der Waals surface area contributed by atoms with Crippen molar-refractivity contribution in [2.75, 3.05) is 0 Å². The fraction of sp³-hybridized carbons (Fsp3) is 0.222. The Morgan fingerprint density at radius 1 is 1.20 bits per heavy atom. The van der Waals surface area contributed by atoms with Gasteiger partial charge in [0.15, 0.2) is 0 Å². The monoisotopic (exact) mass is 307 g/mol. The molecule has 1 amide bonds. The molecule has 0 aromatic heterocycles. The summed E-state index contributed by atoms with van der Waals surface area (Å²) in [6, 6.07) is 5.95. The molecular weight excluding hydrogens is 301 g/mol. The van der Waals surface area contributed by atoms with Crippen LogP contribution in [0.4, 0.5) is 21.9 Å². The zero-order valence-corrected chi connectivity index (χ0v) is 10.8. The average molecular weight is 307 g/mol. The number of alkyl halides is 3. The Labute approximate surface area is 123 Å². The fourth-order valence-electron chi connectivity index (χ4n) is 1.16. The first-order valence-corrected chi connectivity index (χ1v) is 5.93. The van der Waals surface area contributed by atoms with Gasteiger partial charge in [-0.25, -0.2) is 8.42 Å². The Hall–Kier alpha value is -1.24. The maximum atomic E-state index is 12.6. The van der Waals surface area contributed by atoms with Crippen molar-refractivity contribution >= 4 is 16.5 Å². The van der Waals surface area contributed by atoms with Gasteiger partial charge in [0.25, 0.3) is 10.4 Å². The zero-order valence-electron chi connectivity index (χ0n) is 9.96. The minimum Gasteiger partial charge on any atom is -0.483 e. The smallest absolute Gasteiger partial charge is 0.483 e. The van der Waals surface area contributed by atoms with Crippen LogP contribution in [0.5, 0.6) is 0 Å². The third kappa shape index (κ3) is 6.27. The summed E-state index contributed by atoms with van der Waals surface area (Å²) in [4.78, 5) is 10.8. The molecule has 1 unspecified atom stereocenters. The largest absolute Gasteiger partial charge is 1.00 e. The third-order valence-corrected chi connectivity index (χ3v) is 2.17. The van der Waals surface area contributed by atoms with E-state index in [1.165, 1.54) is 18.2 Å². The first kappa shape index (κ1) is 18.8. The van der Waals surface area contributed by atoms with Gasteiger partial charge < -0.3 is 9.46 Å². The van der Waals surface area contributed by atoms with Crippen LogP contribution in [0.1, 0.15) is 11.7 Å². The topological polar surface area (TPSA) is 74.5 Å². The Morgan fingerprint density at radius 3 is 2.10 bits per heavy atom. The molecule has 0 saturated heterocycles. The molecule has 20 heavy (non-hydrogen) atoms. The predicted octanol–water partition coefficient (Wildman–Crippen LogP) is 0.0186. The van der Waals surface area contributed by atoms with Gasteiger partial charge in [-0.05, 0) is 0 Å². The van der Waals surface area contributed by atoms with Crippen molar-refractivity contribution in [2.45, 2.75) is 12.3 Å². The van der Waals surface area contributed by atoms with Crippen LogP contribution in [0.25, 0.3) is 4.72 Å². The predicted molar refractivity (Wildman–Crippen MR) is 55.1 cm³/mol. The van der Waals surface area contributed by atoms with E-state index in [1.54, 1.807) is 0 Å². The van der Waals surface area contributed by atoms with Gasteiger partial charge >= 0.3 is 25.0 Å². The second kappa shape index (κ2) is 6.96. The van der Waals surface area contributed by atoms with Crippen molar-refractivity contribution < 1.29 is 53.9 Å². The van der Waals surface area contributed by atoms with E-state index in [2.05, 4.69) is 4.74 Å². The van der Waals surface area contributed by atoms with E-state index in [1.807, 2.05) is 4.72 Å². The quantitative estimate of drug-likeness (QED) is 0.448. The van der Waals surface area contributed by atoms with Gasteiger partial charge in [0.05, 0.1) is 0 Å². The van der Waals surface area contributed by atoms with Gasteiger partial charge in [0.2, 0.25) is 12.2 Å². The van der Waals surface area contributed by atoms with Gasteiger partial charge in [-0.3, -0.25) is 4.79 Å². The summed E-state index contributed by atoms with van der Waals surface area (Å²) < 4.78 is 75.6. The van der Waals surface area contributed by atoms with E-state index in [0.717, 1.165) is 12.1 Å². The number of ether oxygens (including phenoxy) is 1. The first-order valence-electron chi connectivity index (χ1n) is 4.59. The molecule has 1 rings (SSSR count). The van der Waals surface area contributed by atoms with Crippen molar-refractivity contribution in [1.29, 1.82) is 0 Å². The summed E-state index contributed by atoms with van der Waals surface area (Å²) in [6.45, 7) is 0. The molecule has 0 aliphatic carbocycles. The van der Waals surface area contributed by atoms with Crippen LogP contribution in [0.15, 0.2) is 30.3 Å². The number of benzene rings is 1. The van der Waals surface area contributed by atoms with E-state index in [9.17, 15) is 30.3 Å². The SMILES string of the molecule is O=C([N-]S(=O)(=O)F)OC(c1ccccc1)C(F)(F)F.[Li+]. The number of hydrogen-bond donors (Lipinski definition) is 0. The average Bonchev–Trinajstić information content (AvgIpc) is 2.23. The Bertz CT molecular complexity index is 549. The number of rotatable bonds is 3. The fourth-order valence-corrected chi connectivity index (χ4v) is 1.38. The number of hydrogen-bond acceptors (Lipinski definition) is 4. The van der Waals surface area contributed by atoms with Crippen LogP contribution in [0.2, 0.25) is 0 Å². The minimum absolute atomic E-state index is 0. The van der Waals surface area contributed by atoms with E-state index in [-0.39, 0.29) is 18.9 Å². The molecule has 0 aliphatic heterocycles. The Balaban J connectivity index is 0.00000361. The van der Waals surface area contributed by atoms with E-state index >= 15 is 0 Å². The van der Waals surface area contributed by atoms with Gasteiger partial charge in [-0.1, -0.05) is 30.3 Å². The molecule has 0 aliphatic rings. The molecule has 0 heterocycles. The molecule has 1 atom stereocenters. The molecule has 0 saturated carbocycles. The maximum absolute atomic E-state index is 12.6. The van der Waals surface area contributed by atoms with E-state index in [4.69, 9.17) is 0 Å². The van der Waals surface area contributed by atoms with Gasteiger partial charge in [-0.15, -0.1) is 3.89 Å². The summed E-state index contributed by atoms with van der Waals surface area (Å²) >= 11 is 0. The van der Waals surface area contributed by atoms with Crippen molar-refractivity contribution in [1.82, 2.24) is 0 Å². The minimum atomic E-state index is -5.61. The summed E-state index contributed by atoms with van der Waals surface area (Å²) in [6.07, 6.45) is -9.91. The van der Waals surface area contributed by atoms with Crippen molar-refractivity contribution in [3.63, 3.8) is 0 Å². The number of carbonyl (C=O) groups excluding carboxylic acids is 1. The molecule has 1 aromatic rings. The Kier molecular flexibility index (Phi) is 6.53. The zero-order chi connectivity index (χ0) is 14.7. The molecule has 106 valence electrons. The van der Waals surface area contributed by atoms with Crippen molar-refractivity contribution in [3.05, 3.63) is 40.6 Å². The standard InChI is InChI=1S/C9H7F4NO4S.Li/c10-9(11,12)7(6-4-2-1-3-5-6)18-8(15)14-19(13,16)17;/h1-5,7H,(H,14,15);/q;+1/p-1. The van der Waals surface area contributed by atoms with Gasteiger partial charge in [-0.2, -0.15) is 13.2 Å². The second-order valence-corrected chi connectivity index (χ2v) is 4.23. The van der Waals surface area contributed by atoms with Crippen LogP contribution < -0.4 is 18.9 Å². The van der Waals surface area contributed by atoms with Gasteiger partial charge in [0, 0.05) is 5.56 Å². The molecule has 0 spiro atoms. The van der Waals surface area contributed by atoms with Crippen LogP contribution in [-0.4, -0.2) is 20.7 Å².